The predicted molar refractivity (Wildman–Crippen MR) is 243 cm³/mol. The van der Waals surface area contributed by atoms with E-state index in [2.05, 4.69) is 209 Å². The highest BCUT2D eigenvalue weighted by Gasteiger charge is 2.24. The standard InChI is InChI=1S/C55H33N3/c1-2-15-39(16-3-1)57-49-23-9-8-20-43(49)46-31-35(25-27-50(46)57)36-26-28-51-47(32-36)54-41-18-5-4-12-34(41)24-29-52(54)58(51)40-17-10-13-37(30-40)48-33-38-14-11-22-44-42-19-6-7-21-45(42)55(56-48)53(38)44/h1-33H. The predicted octanol–water partition coefficient (Wildman–Crippen LogP) is 14.6. The van der Waals surface area contributed by atoms with Crippen molar-refractivity contribution in [1.82, 2.24) is 14.1 Å². The van der Waals surface area contributed by atoms with Crippen LogP contribution in [0.5, 0.6) is 0 Å². The Morgan fingerprint density at radius 1 is 0.310 bits per heavy atom. The first-order chi connectivity index (χ1) is 28.8. The van der Waals surface area contributed by atoms with Crippen molar-refractivity contribution in [2.75, 3.05) is 0 Å². The normalized spacial score (nSPS) is 12.1. The average molecular weight is 736 g/mol. The molecule has 9 aromatic carbocycles. The van der Waals surface area contributed by atoms with Gasteiger partial charge in [-0.2, -0.15) is 0 Å². The largest absolute Gasteiger partial charge is 0.309 e. The molecule has 0 amide bonds. The van der Waals surface area contributed by atoms with Gasteiger partial charge in [-0.1, -0.05) is 133 Å². The van der Waals surface area contributed by atoms with Gasteiger partial charge in [-0.05, 0) is 105 Å². The Hall–Kier alpha value is -7.75. The van der Waals surface area contributed by atoms with E-state index < -0.39 is 0 Å². The highest BCUT2D eigenvalue weighted by atomic mass is 15.0. The zero-order valence-corrected chi connectivity index (χ0v) is 31.4. The molecule has 0 saturated heterocycles. The number of pyridine rings is 1. The number of hydrogen-bond donors (Lipinski definition) is 0. The van der Waals surface area contributed by atoms with Crippen molar-refractivity contribution >= 4 is 65.2 Å². The lowest BCUT2D eigenvalue weighted by molar-refractivity contribution is 1.18. The van der Waals surface area contributed by atoms with Gasteiger partial charge in [0.05, 0.1) is 33.5 Å². The van der Waals surface area contributed by atoms with Crippen LogP contribution in [0.15, 0.2) is 200 Å². The quantitative estimate of drug-likeness (QED) is 0.176. The molecule has 0 N–H and O–H groups in total. The molecular weight excluding hydrogens is 703 g/mol. The Kier molecular flexibility index (Phi) is 6.44. The molecule has 0 aliphatic heterocycles. The van der Waals surface area contributed by atoms with Crippen LogP contribution >= 0.6 is 0 Å². The lowest BCUT2D eigenvalue weighted by atomic mass is 9.99. The van der Waals surface area contributed by atoms with E-state index in [-0.39, 0.29) is 0 Å². The molecule has 0 bridgehead atoms. The molecule has 268 valence electrons. The highest BCUT2D eigenvalue weighted by molar-refractivity contribution is 6.22. The monoisotopic (exact) mass is 735 g/mol. The molecule has 3 aromatic heterocycles. The van der Waals surface area contributed by atoms with Gasteiger partial charge in [-0.25, -0.2) is 4.98 Å². The summed E-state index contributed by atoms with van der Waals surface area (Å²) in [6.45, 7) is 0. The summed E-state index contributed by atoms with van der Waals surface area (Å²) in [5.74, 6) is 0. The summed E-state index contributed by atoms with van der Waals surface area (Å²) < 4.78 is 4.82. The Labute approximate surface area is 334 Å². The SMILES string of the molecule is c1ccc(-n2c3ccccc3c3cc(-c4ccc5c(c4)c4c6ccccc6ccc4n5-c4cccc(-c5cc6cccc7c6c(n5)-c5ccccc5-7)c4)ccc32)cc1. The van der Waals surface area contributed by atoms with Crippen LogP contribution in [0.3, 0.4) is 0 Å². The second-order valence-electron chi connectivity index (χ2n) is 15.5. The molecule has 1 aliphatic rings. The van der Waals surface area contributed by atoms with Gasteiger partial charge in [0, 0.05) is 49.4 Å². The van der Waals surface area contributed by atoms with Gasteiger partial charge in [0.1, 0.15) is 0 Å². The Morgan fingerprint density at radius 3 is 1.81 bits per heavy atom. The summed E-state index contributed by atoms with van der Waals surface area (Å²) in [5, 5.41) is 9.97. The first-order valence-corrected chi connectivity index (χ1v) is 20.0. The Bertz CT molecular complexity index is 3680. The van der Waals surface area contributed by atoms with E-state index in [1.54, 1.807) is 0 Å². The third-order valence-corrected chi connectivity index (χ3v) is 12.4. The maximum atomic E-state index is 5.36. The van der Waals surface area contributed by atoms with Crippen molar-refractivity contribution in [3.8, 4) is 56.1 Å². The first kappa shape index (κ1) is 31.5. The first-order valence-electron chi connectivity index (χ1n) is 20.0. The van der Waals surface area contributed by atoms with Crippen LogP contribution in [-0.4, -0.2) is 14.1 Å². The summed E-state index contributed by atoms with van der Waals surface area (Å²) in [6.07, 6.45) is 0. The van der Waals surface area contributed by atoms with E-state index >= 15 is 0 Å². The van der Waals surface area contributed by atoms with Gasteiger partial charge in [0.25, 0.3) is 0 Å². The number of nitrogens with zero attached hydrogens (tertiary/aromatic N) is 3. The topological polar surface area (TPSA) is 22.8 Å². The van der Waals surface area contributed by atoms with Gasteiger partial charge in [-0.15, -0.1) is 0 Å². The maximum absolute atomic E-state index is 5.36. The molecule has 3 heteroatoms. The highest BCUT2D eigenvalue weighted by Crippen LogP contribution is 2.47. The van der Waals surface area contributed by atoms with Gasteiger partial charge in [0.2, 0.25) is 0 Å². The summed E-state index contributed by atoms with van der Waals surface area (Å²) in [6, 6.07) is 73.2. The third-order valence-electron chi connectivity index (χ3n) is 12.4. The number of hydrogen-bond acceptors (Lipinski definition) is 1. The van der Waals surface area contributed by atoms with E-state index in [0.717, 1.165) is 22.6 Å². The van der Waals surface area contributed by atoms with Crippen LogP contribution in [0.2, 0.25) is 0 Å². The molecule has 1 aliphatic carbocycles. The zero-order valence-electron chi connectivity index (χ0n) is 31.4. The molecule has 0 saturated carbocycles. The van der Waals surface area contributed by atoms with Gasteiger partial charge < -0.3 is 9.13 Å². The molecule has 0 atom stereocenters. The molecule has 13 rings (SSSR count). The summed E-state index contributed by atoms with van der Waals surface area (Å²) in [7, 11) is 0. The molecule has 3 nitrogen and oxygen atoms in total. The molecule has 58 heavy (non-hydrogen) atoms. The van der Waals surface area contributed by atoms with Crippen LogP contribution in [0.4, 0.5) is 0 Å². The Morgan fingerprint density at radius 2 is 0.931 bits per heavy atom. The number of aromatic nitrogens is 3. The van der Waals surface area contributed by atoms with E-state index in [4.69, 9.17) is 4.98 Å². The van der Waals surface area contributed by atoms with E-state index in [1.807, 2.05) is 0 Å². The van der Waals surface area contributed by atoms with Crippen molar-refractivity contribution in [1.29, 1.82) is 0 Å². The smallest absolute Gasteiger partial charge is 0.0800 e. The minimum Gasteiger partial charge on any atom is -0.309 e. The maximum Gasteiger partial charge on any atom is 0.0800 e. The van der Waals surface area contributed by atoms with Crippen LogP contribution < -0.4 is 0 Å². The van der Waals surface area contributed by atoms with Crippen molar-refractivity contribution < 1.29 is 0 Å². The fourth-order valence-corrected chi connectivity index (χ4v) is 9.86. The number of rotatable bonds is 4. The van der Waals surface area contributed by atoms with E-state index in [9.17, 15) is 0 Å². The van der Waals surface area contributed by atoms with Crippen LogP contribution in [0.1, 0.15) is 0 Å². The minimum absolute atomic E-state index is 0.982. The Balaban J connectivity index is 1.01. The van der Waals surface area contributed by atoms with Crippen LogP contribution in [0.25, 0.3) is 121 Å². The molecular formula is C55H33N3. The van der Waals surface area contributed by atoms with Crippen LogP contribution in [-0.2, 0) is 0 Å². The lowest BCUT2D eigenvalue weighted by Gasteiger charge is -2.12. The van der Waals surface area contributed by atoms with Gasteiger partial charge in [-0.3, -0.25) is 0 Å². The molecule has 3 heterocycles. The fraction of sp³-hybridized carbons (Fsp3) is 0. The second-order valence-corrected chi connectivity index (χ2v) is 15.5. The zero-order chi connectivity index (χ0) is 37.9. The molecule has 0 spiro atoms. The second kappa shape index (κ2) is 11.9. The third kappa shape index (κ3) is 4.41. The average Bonchev–Trinajstić information content (AvgIpc) is 3.93. The number of benzene rings is 9. The lowest BCUT2D eigenvalue weighted by Crippen LogP contribution is -1.95. The van der Waals surface area contributed by atoms with E-state index in [0.29, 0.717) is 0 Å². The van der Waals surface area contributed by atoms with Crippen molar-refractivity contribution in [2.45, 2.75) is 0 Å². The molecule has 0 radical (unpaired) electrons. The van der Waals surface area contributed by atoms with Gasteiger partial charge >= 0.3 is 0 Å². The molecule has 12 aromatic rings. The summed E-state index contributed by atoms with van der Waals surface area (Å²) in [5.41, 5.74) is 16.4. The fourth-order valence-electron chi connectivity index (χ4n) is 9.86. The number of para-hydroxylation sites is 2. The van der Waals surface area contributed by atoms with Crippen molar-refractivity contribution in [3.05, 3.63) is 200 Å². The molecule has 0 fully saturated rings. The summed E-state index contributed by atoms with van der Waals surface area (Å²) in [4.78, 5) is 5.36. The minimum atomic E-state index is 0.982. The van der Waals surface area contributed by atoms with Crippen molar-refractivity contribution in [3.63, 3.8) is 0 Å². The van der Waals surface area contributed by atoms with Gasteiger partial charge in [0.15, 0.2) is 0 Å². The van der Waals surface area contributed by atoms with Crippen molar-refractivity contribution in [2.24, 2.45) is 0 Å². The molecule has 0 unspecified atom stereocenters. The van der Waals surface area contributed by atoms with Crippen LogP contribution in [0, 0.1) is 0 Å². The number of fused-ring (bicyclic) bond motifs is 11. The summed E-state index contributed by atoms with van der Waals surface area (Å²) >= 11 is 0. The van der Waals surface area contributed by atoms with E-state index in [1.165, 1.54) is 98.7 Å².